The molecule has 0 aromatic carbocycles. The van der Waals surface area contributed by atoms with Gasteiger partial charge in [0.25, 0.3) is 0 Å². The van der Waals surface area contributed by atoms with E-state index in [0.717, 1.165) is 11.8 Å². The Kier molecular flexibility index (Phi) is 191. The Morgan fingerprint density at radius 1 is 0.407 bits per heavy atom. The molecule has 0 heterocycles. The number of hydrogen-bond acceptors (Lipinski definition) is 0. The minimum absolute atomic E-state index is 0. The maximum atomic E-state index is 2.31. The van der Waals surface area contributed by atoms with Crippen molar-refractivity contribution in [2.75, 3.05) is 0 Å². The second-order valence-corrected chi connectivity index (χ2v) is 5.96. The van der Waals surface area contributed by atoms with Gasteiger partial charge < -0.3 is 0 Å². The highest BCUT2D eigenvalue weighted by atomic mass is 14.0. The molecule has 0 radical (unpaired) electrons. The van der Waals surface area contributed by atoms with Crippen molar-refractivity contribution >= 4 is 0 Å². The van der Waals surface area contributed by atoms with Crippen molar-refractivity contribution in [1.29, 1.82) is 0 Å². The molecule has 2 unspecified atom stereocenters. The summed E-state index contributed by atoms with van der Waals surface area (Å²) in [4.78, 5) is 0. The summed E-state index contributed by atoms with van der Waals surface area (Å²) in [7, 11) is 0. The van der Waals surface area contributed by atoms with Crippen LogP contribution in [0.1, 0.15) is 173 Å². The van der Waals surface area contributed by atoms with Crippen molar-refractivity contribution < 1.29 is 0 Å². The maximum Gasteiger partial charge on any atom is -0.0446 e. The average molecular weight is 401 g/mol. The van der Waals surface area contributed by atoms with Crippen LogP contribution in [-0.4, -0.2) is 0 Å². The first kappa shape index (κ1) is 71.3. The summed E-state index contributed by atoms with van der Waals surface area (Å²) in [5, 5.41) is 0. The largest absolute Gasteiger partial charge is 0.0776 e. The van der Waals surface area contributed by atoms with Gasteiger partial charge in [-0.2, -0.15) is 0 Å². The molecule has 0 aromatic heterocycles. The minimum atomic E-state index is 0. The second kappa shape index (κ2) is 72.2. The Balaban J connectivity index is -0.0000000139. The lowest BCUT2D eigenvalue weighted by Crippen LogP contribution is -1.88. The minimum Gasteiger partial charge on any atom is -0.0776 e. The molecule has 27 heavy (non-hydrogen) atoms. The molecule has 0 aliphatic carbocycles. The Bertz CT molecular complexity index is 103. The van der Waals surface area contributed by atoms with Crippen LogP contribution in [0.25, 0.3) is 0 Å². The third-order valence-electron chi connectivity index (χ3n) is 3.66. The fraction of sp³-hybridized carbons (Fsp3) is 1.00. The molecule has 0 spiro atoms. The van der Waals surface area contributed by atoms with Gasteiger partial charge in [-0.25, -0.2) is 0 Å². The quantitative estimate of drug-likeness (QED) is 0.380. The SMILES string of the molecule is C.C.C.C.C.C.C.C.CCCC(C)CC.CCCC(C)CC.CCCCC. The van der Waals surface area contributed by atoms with Crippen LogP contribution >= 0.6 is 0 Å². The van der Waals surface area contributed by atoms with Crippen LogP contribution in [0.15, 0.2) is 0 Å². The van der Waals surface area contributed by atoms with E-state index in [1.807, 2.05) is 0 Å². The number of unbranched alkanes of at least 4 members (excludes halogenated alkanes) is 2. The van der Waals surface area contributed by atoms with E-state index in [4.69, 9.17) is 0 Å². The van der Waals surface area contributed by atoms with E-state index in [-0.39, 0.29) is 59.4 Å². The lowest BCUT2D eigenvalue weighted by molar-refractivity contribution is 0.509. The zero-order chi connectivity index (χ0) is 15.5. The Morgan fingerprint density at radius 2 is 0.630 bits per heavy atom. The first-order valence-corrected chi connectivity index (χ1v) is 9.03. The molecule has 0 aliphatic heterocycles. The van der Waals surface area contributed by atoms with Gasteiger partial charge in [-0.15, -0.1) is 0 Å². The molecule has 0 aliphatic rings. The summed E-state index contributed by atoms with van der Waals surface area (Å²) < 4.78 is 0. The van der Waals surface area contributed by atoms with Gasteiger partial charge in [-0.05, 0) is 11.8 Å². The third-order valence-corrected chi connectivity index (χ3v) is 3.66. The first-order chi connectivity index (χ1) is 9.03. The lowest BCUT2D eigenvalue weighted by Gasteiger charge is -2.02. The van der Waals surface area contributed by atoms with E-state index in [2.05, 4.69) is 55.4 Å². The fourth-order valence-corrected chi connectivity index (χ4v) is 1.75. The van der Waals surface area contributed by atoms with Crippen LogP contribution in [0.2, 0.25) is 0 Å². The smallest absolute Gasteiger partial charge is 0.0446 e. The van der Waals surface area contributed by atoms with Gasteiger partial charge in [0.1, 0.15) is 0 Å². The molecule has 0 saturated heterocycles. The van der Waals surface area contributed by atoms with Gasteiger partial charge in [-0.1, -0.05) is 173 Å². The zero-order valence-corrected chi connectivity index (χ0v) is 15.5. The molecule has 0 N–H and O–H groups in total. The van der Waals surface area contributed by atoms with Crippen LogP contribution in [0.5, 0.6) is 0 Å². The van der Waals surface area contributed by atoms with Crippen LogP contribution in [0.4, 0.5) is 0 Å². The third kappa shape index (κ3) is 104. The topological polar surface area (TPSA) is 0 Å². The van der Waals surface area contributed by atoms with Gasteiger partial charge in [-0.3, -0.25) is 0 Å². The molecule has 0 aromatic rings. The summed E-state index contributed by atoms with van der Waals surface area (Å²) in [5.41, 5.74) is 0. The van der Waals surface area contributed by atoms with Crippen molar-refractivity contribution in [2.24, 2.45) is 11.8 Å². The van der Waals surface area contributed by atoms with Gasteiger partial charge in [0, 0.05) is 0 Å². The van der Waals surface area contributed by atoms with Crippen LogP contribution in [0, 0.1) is 11.8 Å². The molecule has 0 saturated carbocycles. The molecule has 0 fully saturated rings. The Labute approximate surface area is 184 Å². The summed E-state index contributed by atoms with van der Waals surface area (Å²) in [5.74, 6) is 1.90. The highest BCUT2D eigenvalue weighted by molar-refractivity contribution is 4.46. The van der Waals surface area contributed by atoms with E-state index < -0.39 is 0 Å². The van der Waals surface area contributed by atoms with Gasteiger partial charge >= 0.3 is 0 Å². The maximum absolute atomic E-state index is 2.31. The molecule has 0 heteroatoms. The van der Waals surface area contributed by atoms with Crippen molar-refractivity contribution in [3.63, 3.8) is 0 Å². The van der Waals surface area contributed by atoms with Crippen molar-refractivity contribution in [3.05, 3.63) is 0 Å². The fourth-order valence-electron chi connectivity index (χ4n) is 1.75. The van der Waals surface area contributed by atoms with Gasteiger partial charge in [0.05, 0.1) is 0 Å². The second-order valence-electron chi connectivity index (χ2n) is 5.96. The molecular weight excluding hydrogens is 324 g/mol. The molecule has 0 rings (SSSR count). The molecular formula is C27H76. The predicted molar refractivity (Wildman–Crippen MR) is 148 cm³/mol. The first-order valence-electron chi connectivity index (χ1n) is 9.03. The summed E-state index contributed by atoms with van der Waals surface area (Å²) in [6, 6.07) is 0. The van der Waals surface area contributed by atoms with Crippen LogP contribution in [0.3, 0.4) is 0 Å². The van der Waals surface area contributed by atoms with Gasteiger partial charge in [0.15, 0.2) is 0 Å². The molecule has 184 valence electrons. The molecule has 0 nitrogen and oxygen atoms in total. The van der Waals surface area contributed by atoms with Crippen molar-refractivity contribution in [2.45, 2.75) is 173 Å². The van der Waals surface area contributed by atoms with E-state index in [1.54, 1.807) is 0 Å². The zero-order valence-electron chi connectivity index (χ0n) is 15.5. The Morgan fingerprint density at radius 3 is 0.667 bits per heavy atom. The van der Waals surface area contributed by atoms with E-state index in [0.29, 0.717) is 0 Å². The standard InChI is InChI=1S/2C7H16.C5H12.8CH4/c2*1-4-6-7(3)5-2;1-3-5-4-2;;;;;;;;/h2*7H,4-6H2,1-3H3;3-5H2,1-2H3;8*1H4. The normalized spacial score (nSPS) is 8.89. The highest BCUT2D eigenvalue weighted by Gasteiger charge is 1.93. The van der Waals surface area contributed by atoms with E-state index >= 15 is 0 Å². The van der Waals surface area contributed by atoms with Gasteiger partial charge in [0.2, 0.25) is 0 Å². The van der Waals surface area contributed by atoms with Crippen molar-refractivity contribution in [1.82, 2.24) is 0 Å². The number of rotatable bonds is 8. The summed E-state index contributed by atoms with van der Waals surface area (Å²) >= 11 is 0. The Hall–Kier alpha value is 0. The highest BCUT2D eigenvalue weighted by Crippen LogP contribution is 2.07. The lowest BCUT2D eigenvalue weighted by atomic mass is 10.0. The summed E-state index contributed by atoms with van der Waals surface area (Å²) in [6.45, 7) is 18.0. The monoisotopic (exact) mass is 401 g/mol. The average Bonchev–Trinajstić information content (AvgIpc) is 2.41. The van der Waals surface area contributed by atoms with E-state index in [1.165, 1.54) is 57.8 Å². The predicted octanol–water partition coefficient (Wildman–Crippen LogP) is 13.0. The van der Waals surface area contributed by atoms with Crippen molar-refractivity contribution in [3.8, 4) is 0 Å². The molecule has 0 amide bonds. The number of hydrogen-bond donors (Lipinski definition) is 0. The molecule has 2 atom stereocenters. The van der Waals surface area contributed by atoms with E-state index in [9.17, 15) is 0 Å². The van der Waals surface area contributed by atoms with Crippen LogP contribution in [-0.2, 0) is 0 Å². The summed E-state index contributed by atoms with van der Waals surface area (Å²) in [6.07, 6.45) is 12.2. The van der Waals surface area contributed by atoms with Crippen LogP contribution < -0.4 is 0 Å². The molecule has 0 bridgehead atoms.